The van der Waals surface area contributed by atoms with Gasteiger partial charge >= 0.3 is 0 Å². The molecule has 0 atom stereocenters. The number of hydrogen-bond acceptors (Lipinski definition) is 7. The summed E-state index contributed by atoms with van der Waals surface area (Å²) in [5.74, 6) is 0.461. The molecule has 5 N–H and O–H groups in total. The molecular formula is C14H12N6O. The fourth-order valence-corrected chi connectivity index (χ4v) is 1.93. The second-order valence-corrected chi connectivity index (χ2v) is 4.36. The number of benzene rings is 1. The van der Waals surface area contributed by atoms with E-state index in [2.05, 4.69) is 19.9 Å². The molecule has 3 aromatic rings. The fourth-order valence-electron chi connectivity index (χ4n) is 1.93. The summed E-state index contributed by atoms with van der Waals surface area (Å²) >= 11 is 0. The maximum Gasteiger partial charge on any atom is 0.220 e. The lowest BCUT2D eigenvalue weighted by molar-refractivity contribution is 0.477. The Morgan fingerprint density at radius 3 is 2.33 bits per heavy atom. The molecule has 0 spiro atoms. The number of aromatic nitrogens is 4. The zero-order chi connectivity index (χ0) is 14.8. The minimum absolute atomic E-state index is 0.105. The van der Waals surface area contributed by atoms with Gasteiger partial charge in [-0.15, -0.1) is 0 Å². The molecule has 0 saturated heterocycles. The topological polar surface area (TPSA) is 124 Å². The number of nitrogens with zero attached hydrogens (tertiary/aromatic N) is 4. The summed E-state index contributed by atoms with van der Waals surface area (Å²) in [5.41, 5.74) is 13.8. The quantitative estimate of drug-likeness (QED) is 0.649. The van der Waals surface area contributed by atoms with E-state index in [1.54, 1.807) is 36.7 Å². The SMILES string of the molecule is Nc1ncc(-c2ccc(O)c(-c3ccnc(N)n3)c2)cn1. The van der Waals surface area contributed by atoms with Gasteiger partial charge in [-0.25, -0.2) is 19.9 Å². The van der Waals surface area contributed by atoms with Gasteiger partial charge in [0, 0.05) is 29.7 Å². The van der Waals surface area contributed by atoms with Gasteiger partial charge in [-0.1, -0.05) is 6.07 Å². The Morgan fingerprint density at radius 1 is 0.857 bits per heavy atom. The number of hydrogen-bond donors (Lipinski definition) is 3. The van der Waals surface area contributed by atoms with Gasteiger partial charge < -0.3 is 16.6 Å². The lowest BCUT2D eigenvalue weighted by Crippen LogP contribution is -1.96. The Kier molecular flexibility index (Phi) is 3.07. The van der Waals surface area contributed by atoms with Crippen molar-refractivity contribution in [1.82, 2.24) is 19.9 Å². The van der Waals surface area contributed by atoms with Gasteiger partial charge in [0.1, 0.15) is 5.75 Å². The first-order chi connectivity index (χ1) is 10.1. The normalized spacial score (nSPS) is 10.5. The van der Waals surface area contributed by atoms with Gasteiger partial charge in [-0.3, -0.25) is 0 Å². The molecule has 7 nitrogen and oxygen atoms in total. The molecule has 0 aliphatic rings. The standard InChI is InChI=1S/C14H12N6O/c15-13-18-6-9(7-19-13)8-1-2-12(21)10(5-8)11-3-4-17-14(16)20-11/h1-7,21H,(H2,15,18,19)(H2,16,17,20). The number of rotatable bonds is 2. The smallest absolute Gasteiger partial charge is 0.220 e. The molecule has 0 aliphatic heterocycles. The van der Waals surface area contributed by atoms with E-state index in [1.165, 1.54) is 6.20 Å². The lowest BCUT2D eigenvalue weighted by atomic mass is 10.0. The first-order valence-electron chi connectivity index (χ1n) is 6.13. The molecule has 0 unspecified atom stereocenters. The van der Waals surface area contributed by atoms with Crippen LogP contribution in [0.3, 0.4) is 0 Å². The number of phenols is 1. The second-order valence-electron chi connectivity index (χ2n) is 4.36. The van der Waals surface area contributed by atoms with Crippen LogP contribution in [0.2, 0.25) is 0 Å². The molecule has 104 valence electrons. The Labute approximate surface area is 120 Å². The van der Waals surface area contributed by atoms with Gasteiger partial charge in [0.15, 0.2) is 0 Å². The summed E-state index contributed by atoms with van der Waals surface area (Å²) in [5, 5.41) is 10.0. The number of phenolic OH excluding ortho intramolecular Hbond substituents is 1. The molecule has 1 aromatic carbocycles. The maximum absolute atomic E-state index is 10.0. The highest BCUT2D eigenvalue weighted by Gasteiger charge is 2.09. The first kappa shape index (κ1) is 12.8. The maximum atomic E-state index is 10.0. The molecule has 0 saturated carbocycles. The Hall–Kier alpha value is -3.22. The molecular weight excluding hydrogens is 268 g/mol. The van der Waals surface area contributed by atoms with Crippen LogP contribution in [0.4, 0.5) is 11.9 Å². The van der Waals surface area contributed by atoms with E-state index in [9.17, 15) is 5.11 Å². The summed E-state index contributed by atoms with van der Waals surface area (Å²) in [4.78, 5) is 15.9. The molecule has 0 amide bonds. The fraction of sp³-hybridized carbons (Fsp3) is 0. The van der Waals surface area contributed by atoms with Crippen LogP contribution < -0.4 is 11.5 Å². The van der Waals surface area contributed by atoms with Crippen LogP contribution >= 0.6 is 0 Å². The van der Waals surface area contributed by atoms with Crippen molar-refractivity contribution in [2.24, 2.45) is 0 Å². The third kappa shape index (κ3) is 2.57. The van der Waals surface area contributed by atoms with Crippen LogP contribution in [0, 0.1) is 0 Å². The molecule has 7 heteroatoms. The Morgan fingerprint density at radius 2 is 1.62 bits per heavy atom. The van der Waals surface area contributed by atoms with E-state index >= 15 is 0 Å². The molecule has 0 bridgehead atoms. The van der Waals surface area contributed by atoms with E-state index in [0.717, 1.165) is 11.1 Å². The minimum atomic E-state index is 0.105. The molecule has 3 rings (SSSR count). The van der Waals surface area contributed by atoms with Gasteiger partial charge in [0.25, 0.3) is 0 Å². The summed E-state index contributed by atoms with van der Waals surface area (Å²) < 4.78 is 0. The number of aromatic hydroxyl groups is 1. The number of anilines is 2. The van der Waals surface area contributed by atoms with Crippen molar-refractivity contribution in [1.29, 1.82) is 0 Å². The van der Waals surface area contributed by atoms with E-state index in [-0.39, 0.29) is 17.6 Å². The van der Waals surface area contributed by atoms with Gasteiger partial charge in [-0.05, 0) is 23.8 Å². The molecule has 2 aromatic heterocycles. The van der Waals surface area contributed by atoms with Crippen LogP contribution in [0.1, 0.15) is 0 Å². The minimum Gasteiger partial charge on any atom is -0.507 e. The van der Waals surface area contributed by atoms with Crippen LogP contribution in [0.25, 0.3) is 22.4 Å². The average Bonchev–Trinajstić information content (AvgIpc) is 2.49. The summed E-state index contributed by atoms with van der Waals surface area (Å²) in [7, 11) is 0. The van der Waals surface area contributed by atoms with Crippen LogP contribution in [0.5, 0.6) is 5.75 Å². The number of nitrogen functional groups attached to an aromatic ring is 2. The molecule has 0 radical (unpaired) electrons. The van der Waals surface area contributed by atoms with E-state index in [0.29, 0.717) is 11.3 Å². The zero-order valence-corrected chi connectivity index (χ0v) is 10.9. The van der Waals surface area contributed by atoms with E-state index < -0.39 is 0 Å². The highest BCUT2D eigenvalue weighted by Crippen LogP contribution is 2.32. The van der Waals surface area contributed by atoms with Gasteiger partial charge in [0.05, 0.1) is 5.69 Å². The van der Waals surface area contributed by atoms with Crippen molar-refractivity contribution < 1.29 is 5.11 Å². The van der Waals surface area contributed by atoms with Crippen LogP contribution in [-0.4, -0.2) is 25.0 Å². The van der Waals surface area contributed by atoms with Crippen molar-refractivity contribution in [3.63, 3.8) is 0 Å². The largest absolute Gasteiger partial charge is 0.507 e. The summed E-state index contributed by atoms with van der Waals surface area (Å²) in [6, 6.07) is 6.80. The molecule has 0 fully saturated rings. The van der Waals surface area contributed by atoms with Crippen molar-refractivity contribution in [3.8, 4) is 28.1 Å². The first-order valence-corrected chi connectivity index (χ1v) is 6.13. The van der Waals surface area contributed by atoms with Crippen molar-refractivity contribution in [2.75, 3.05) is 11.5 Å². The monoisotopic (exact) mass is 280 g/mol. The predicted molar refractivity (Wildman–Crippen MR) is 79.0 cm³/mol. The van der Waals surface area contributed by atoms with Gasteiger partial charge in [0.2, 0.25) is 11.9 Å². The van der Waals surface area contributed by atoms with Gasteiger partial charge in [-0.2, -0.15) is 0 Å². The summed E-state index contributed by atoms with van der Waals surface area (Å²) in [6.07, 6.45) is 4.77. The molecule has 2 heterocycles. The van der Waals surface area contributed by atoms with Crippen molar-refractivity contribution in [3.05, 3.63) is 42.9 Å². The van der Waals surface area contributed by atoms with E-state index in [1.807, 2.05) is 0 Å². The highest BCUT2D eigenvalue weighted by atomic mass is 16.3. The van der Waals surface area contributed by atoms with Crippen LogP contribution in [-0.2, 0) is 0 Å². The van der Waals surface area contributed by atoms with Crippen molar-refractivity contribution in [2.45, 2.75) is 0 Å². The zero-order valence-electron chi connectivity index (χ0n) is 10.9. The average molecular weight is 280 g/mol. The third-order valence-corrected chi connectivity index (χ3v) is 2.95. The Bertz CT molecular complexity index is 788. The third-order valence-electron chi connectivity index (χ3n) is 2.95. The predicted octanol–water partition coefficient (Wildman–Crippen LogP) is 1.47. The second kappa shape index (κ2) is 5.04. The van der Waals surface area contributed by atoms with E-state index in [4.69, 9.17) is 11.5 Å². The molecule has 0 aliphatic carbocycles. The lowest BCUT2D eigenvalue weighted by Gasteiger charge is -2.08. The highest BCUT2D eigenvalue weighted by molar-refractivity contribution is 5.75. The number of nitrogens with two attached hydrogens (primary N) is 2. The molecule has 21 heavy (non-hydrogen) atoms. The summed E-state index contributed by atoms with van der Waals surface area (Å²) in [6.45, 7) is 0. The Balaban J connectivity index is 2.10. The van der Waals surface area contributed by atoms with Crippen molar-refractivity contribution >= 4 is 11.9 Å². The van der Waals surface area contributed by atoms with Crippen LogP contribution in [0.15, 0.2) is 42.9 Å².